The lowest BCUT2D eigenvalue weighted by molar-refractivity contribution is -0.114. The van der Waals surface area contributed by atoms with E-state index in [1.54, 1.807) is 17.7 Å². The van der Waals surface area contributed by atoms with Crippen LogP contribution in [0.5, 0.6) is 0 Å². The van der Waals surface area contributed by atoms with Crippen molar-refractivity contribution in [2.45, 2.75) is 13.8 Å². The van der Waals surface area contributed by atoms with Crippen molar-refractivity contribution in [3.05, 3.63) is 71.7 Å². The van der Waals surface area contributed by atoms with Crippen LogP contribution >= 0.6 is 0 Å². The first-order chi connectivity index (χ1) is 11.5. The third kappa shape index (κ3) is 2.86. The maximum Gasteiger partial charge on any atom is 0.262 e. The Balaban J connectivity index is 2.13. The van der Waals surface area contributed by atoms with Crippen molar-refractivity contribution in [3.63, 3.8) is 0 Å². The lowest BCUT2D eigenvalue weighted by Gasteiger charge is -2.10. The van der Waals surface area contributed by atoms with E-state index in [0.29, 0.717) is 11.1 Å². The molecule has 0 radical (unpaired) electrons. The number of pyridine rings is 1. The fourth-order valence-electron chi connectivity index (χ4n) is 2.77. The second-order valence-electron chi connectivity index (χ2n) is 5.75. The molecule has 0 saturated heterocycles. The largest absolute Gasteiger partial charge is 0.326 e. The van der Waals surface area contributed by atoms with E-state index in [-0.39, 0.29) is 11.5 Å². The van der Waals surface area contributed by atoms with Crippen LogP contribution in [0.1, 0.15) is 13.8 Å². The second kappa shape index (κ2) is 6.16. The highest BCUT2D eigenvalue weighted by molar-refractivity contribution is 5.97. The zero-order chi connectivity index (χ0) is 17.3. The lowest BCUT2D eigenvalue weighted by Crippen LogP contribution is -2.17. The highest BCUT2D eigenvalue weighted by Crippen LogP contribution is 2.28. The van der Waals surface area contributed by atoms with Crippen molar-refractivity contribution < 1.29 is 4.79 Å². The molecule has 0 aliphatic rings. The smallest absolute Gasteiger partial charge is 0.262 e. The molecule has 1 heterocycles. The van der Waals surface area contributed by atoms with E-state index < -0.39 is 0 Å². The standard InChI is InChI=1S/C20H18N2O2/c1-13(2)22-12-11-18-17(5-4-6-19(18)20(22)24)15-7-9-16(10-8-15)21-14(3)23/h4-12H,1H2,2-3H3,(H,21,23). The number of allylic oxidation sites excluding steroid dienone is 1. The summed E-state index contributed by atoms with van der Waals surface area (Å²) in [6, 6.07) is 15.2. The van der Waals surface area contributed by atoms with Gasteiger partial charge in [0.25, 0.3) is 5.56 Å². The van der Waals surface area contributed by atoms with Crippen LogP contribution in [0.2, 0.25) is 0 Å². The van der Waals surface area contributed by atoms with Gasteiger partial charge in [-0.05, 0) is 47.7 Å². The minimum Gasteiger partial charge on any atom is -0.326 e. The summed E-state index contributed by atoms with van der Waals surface area (Å²) in [6.07, 6.45) is 1.75. The maximum absolute atomic E-state index is 12.6. The Hall–Kier alpha value is -3.14. The average Bonchev–Trinajstić information content (AvgIpc) is 2.55. The second-order valence-corrected chi connectivity index (χ2v) is 5.75. The maximum atomic E-state index is 12.6. The van der Waals surface area contributed by atoms with E-state index in [1.807, 2.05) is 48.5 Å². The van der Waals surface area contributed by atoms with Gasteiger partial charge < -0.3 is 5.32 Å². The van der Waals surface area contributed by atoms with Gasteiger partial charge in [0.2, 0.25) is 5.91 Å². The molecule has 3 aromatic rings. The number of carbonyl (C=O) groups excluding carboxylic acids is 1. The molecule has 24 heavy (non-hydrogen) atoms. The van der Waals surface area contributed by atoms with Crippen LogP contribution in [0.4, 0.5) is 5.69 Å². The Morgan fingerprint density at radius 3 is 2.33 bits per heavy atom. The molecule has 0 saturated carbocycles. The summed E-state index contributed by atoms with van der Waals surface area (Å²) in [5, 5.41) is 4.30. The number of fused-ring (bicyclic) bond motifs is 1. The molecule has 1 N–H and O–H groups in total. The van der Waals surface area contributed by atoms with E-state index in [4.69, 9.17) is 0 Å². The van der Waals surface area contributed by atoms with Gasteiger partial charge in [-0.15, -0.1) is 0 Å². The molecule has 4 nitrogen and oxygen atoms in total. The van der Waals surface area contributed by atoms with Crippen molar-refractivity contribution in [1.82, 2.24) is 4.57 Å². The first-order valence-corrected chi connectivity index (χ1v) is 7.65. The summed E-state index contributed by atoms with van der Waals surface area (Å²) in [7, 11) is 0. The minimum atomic E-state index is -0.103. The Bertz CT molecular complexity index is 998. The third-order valence-corrected chi connectivity index (χ3v) is 3.87. The molecule has 3 rings (SSSR count). The van der Waals surface area contributed by atoms with Crippen molar-refractivity contribution in [2.75, 3.05) is 5.32 Å². The van der Waals surface area contributed by atoms with Crippen LogP contribution in [-0.2, 0) is 4.79 Å². The third-order valence-electron chi connectivity index (χ3n) is 3.87. The van der Waals surface area contributed by atoms with E-state index in [2.05, 4.69) is 11.9 Å². The Labute approximate surface area is 140 Å². The first kappa shape index (κ1) is 15.7. The summed E-state index contributed by atoms with van der Waals surface area (Å²) in [5.41, 5.74) is 3.33. The van der Waals surface area contributed by atoms with Gasteiger partial charge in [-0.25, -0.2) is 0 Å². The Morgan fingerprint density at radius 2 is 1.71 bits per heavy atom. The quantitative estimate of drug-likeness (QED) is 0.790. The van der Waals surface area contributed by atoms with Crippen molar-refractivity contribution in [2.24, 2.45) is 0 Å². The molecule has 0 atom stereocenters. The molecular formula is C20H18N2O2. The number of rotatable bonds is 3. The number of nitrogens with zero attached hydrogens (tertiary/aromatic N) is 1. The predicted molar refractivity (Wildman–Crippen MR) is 99.0 cm³/mol. The van der Waals surface area contributed by atoms with Crippen molar-refractivity contribution in [1.29, 1.82) is 0 Å². The van der Waals surface area contributed by atoms with E-state index in [1.165, 1.54) is 6.92 Å². The Morgan fingerprint density at radius 1 is 1.00 bits per heavy atom. The molecule has 0 fully saturated rings. The molecule has 1 aromatic heterocycles. The number of carbonyl (C=O) groups is 1. The van der Waals surface area contributed by atoms with E-state index >= 15 is 0 Å². The van der Waals surface area contributed by atoms with Gasteiger partial charge >= 0.3 is 0 Å². The number of amides is 1. The van der Waals surface area contributed by atoms with Crippen LogP contribution in [0.15, 0.2) is 66.1 Å². The number of benzene rings is 2. The van der Waals surface area contributed by atoms with Gasteiger partial charge in [0.15, 0.2) is 0 Å². The molecule has 120 valence electrons. The van der Waals surface area contributed by atoms with Gasteiger partial charge in [-0.1, -0.05) is 30.8 Å². The van der Waals surface area contributed by atoms with Crippen LogP contribution in [0.3, 0.4) is 0 Å². The monoisotopic (exact) mass is 318 g/mol. The number of nitrogens with one attached hydrogen (secondary N) is 1. The number of hydrogen-bond donors (Lipinski definition) is 1. The summed E-state index contributed by atoms with van der Waals surface area (Å²) in [4.78, 5) is 23.7. The summed E-state index contributed by atoms with van der Waals surface area (Å²) in [5.74, 6) is -0.103. The van der Waals surface area contributed by atoms with Crippen LogP contribution < -0.4 is 10.9 Å². The zero-order valence-electron chi connectivity index (χ0n) is 13.7. The van der Waals surface area contributed by atoms with Gasteiger partial charge in [-0.3, -0.25) is 14.2 Å². The number of aromatic nitrogens is 1. The normalized spacial score (nSPS) is 10.6. The average molecular weight is 318 g/mol. The molecule has 0 spiro atoms. The summed E-state index contributed by atoms with van der Waals surface area (Å²) >= 11 is 0. The zero-order valence-corrected chi connectivity index (χ0v) is 13.7. The molecule has 0 unspecified atom stereocenters. The predicted octanol–water partition coefficient (Wildman–Crippen LogP) is 4.12. The summed E-state index contributed by atoms with van der Waals surface area (Å²) < 4.78 is 1.55. The van der Waals surface area contributed by atoms with Gasteiger partial charge in [0.1, 0.15) is 0 Å². The molecule has 0 bridgehead atoms. The minimum absolute atomic E-state index is 0.0725. The molecule has 1 amide bonds. The molecule has 0 aliphatic heterocycles. The highest BCUT2D eigenvalue weighted by Gasteiger charge is 2.08. The fraction of sp³-hybridized carbons (Fsp3) is 0.100. The number of hydrogen-bond acceptors (Lipinski definition) is 2. The highest BCUT2D eigenvalue weighted by atomic mass is 16.1. The molecule has 2 aromatic carbocycles. The molecule has 4 heteroatoms. The first-order valence-electron chi connectivity index (χ1n) is 7.65. The van der Waals surface area contributed by atoms with Crippen LogP contribution in [0, 0.1) is 0 Å². The van der Waals surface area contributed by atoms with Gasteiger partial charge in [-0.2, -0.15) is 0 Å². The van der Waals surface area contributed by atoms with Gasteiger partial charge in [0.05, 0.1) is 0 Å². The van der Waals surface area contributed by atoms with E-state index in [9.17, 15) is 9.59 Å². The van der Waals surface area contributed by atoms with Crippen molar-refractivity contribution in [3.8, 4) is 11.1 Å². The van der Waals surface area contributed by atoms with Crippen LogP contribution in [-0.4, -0.2) is 10.5 Å². The molecular weight excluding hydrogens is 300 g/mol. The lowest BCUT2D eigenvalue weighted by atomic mass is 9.99. The van der Waals surface area contributed by atoms with Crippen molar-refractivity contribution >= 4 is 28.1 Å². The fourth-order valence-corrected chi connectivity index (χ4v) is 2.77. The molecule has 0 aliphatic carbocycles. The Kier molecular flexibility index (Phi) is 4.04. The van der Waals surface area contributed by atoms with Crippen LogP contribution in [0.25, 0.3) is 27.6 Å². The SMILES string of the molecule is C=C(C)n1ccc2c(-c3ccc(NC(C)=O)cc3)cccc2c1=O. The van der Waals surface area contributed by atoms with Gasteiger partial charge in [0, 0.05) is 29.9 Å². The topological polar surface area (TPSA) is 51.1 Å². The summed E-state index contributed by atoms with van der Waals surface area (Å²) in [6.45, 7) is 7.12. The van der Waals surface area contributed by atoms with E-state index in [0.717, 1.165) is 22.2 Å². The number of anilines is 1.